The Bertz CT molecular complexity index is 415. The molecule has 1 aromatic carbocycles. The average Bonchev–Trinajstić information content (AvgIpc) is 2.49. The maximum atomic E-state index is 3.62. The molecule has 1 fully saturated rings. The van der Waals surface area contributed by atoms with Gasteiger partial charge in [-0.3, -0.25) is 4.90 Å². The van der Waals surface area contributed by atoms with Gasteiger partial charge in [-0.05, 0) is 68.9 Å². The first kappa shape index (κ1) is 17.0. The second-order valence-corrected chi connectivity index (χ2v) is 7.08. The van der Waals surface area contributed by atoms with E-state index >= 15 is 0 Å². The van der Waals surface area contributed by atoms with E-state index in [4.69, 9.17) is 0 Å². The fraction of sp³-hybridized carbons (Fsp3) is 0.667. The summed E-state index contributed by atoms with van der Waals surface area (Å²) in [5.74, 6) is 0.860. The van der Waals surface area contributed by atoms with E-state index in [1.165, 1.54) is 61.9 Å². The van der Waals surface area contributed by atoms with E-state index in [0.717, 1.165) is 5.92 Å². The molecule has 1 heterocycles. The Balaban J connectivity index is 2.09. The number of rotatable bonds is 7. The van der Waals surface area contributed by atoms with Gasteiger partial charge in [0.25, 0.3) is 0 Å². The van der Waals surface area contributed by atoms with Crippen LogP contribution in [0.15, 0.2) is 28.7 Å². The van der Waals surface area contributed by atoms with Gasteiger partial charge in [-0.15, -0.1) is 0 Å². The predicted octanol–water partition coefficient (Wildman–Crippen LogP) is 4.61. The van der Waals surface area contributed by atoms with E-state index in [0.29, 0.717) is 6.04 Å². The van der Waals surface area contributed by atoms with Crippen molar-refractivity contribution < 1.29 is 0 Å². The minimum atomic E-state index is 0.553. The monoisotopic (exact) mass is 352 g/mol. The van der Waals surface area contributed by atoms with Gasteiger partial charge >= 0.3 is 0 Å². The lowest BCUT2D eigenvalue weighted by Gasteiger charge is -2.35. The normalized spacial score (nSPS) is 18.1. The van der Waals surface area contributed by atoms with Crippen molar-refractivity contribution in [1.82, 2.24) is 10.2 Å². The van der Waals surface area contributed by atoms with Crippen molar-refractivity contribution in [2.24, 2.45) is 5.92 Å². The van der Waals surface area contributed by atoms with Gasteiger partial charge in [-0.2, -0.15) is 0 Å². The van der Waals surface area contributed by atoms with Crippen molar-refractivity contribution in [3.8, 4) is 0 Å². The van der Waals surface area contributed by atoms with Crippen LogP contribution in [0.1, 0.15) is 51.1 Å². The molecule has 0 radical (unpaired) electrons. The van der Waals surface area contributed by atoms with E-state index in [9.17, 15) is 0 Å². The Kier molecular flexibility index (Phi) is 7.21. The highest BCUT2D eigenvalue weighted by atomic mass is 79.9. The van der Waals surface area contributed by atoms with Crippen LogP contribution >= 0.6 is 15.9 Å². The quantitative estimate of drug-likeness (QED) is 0.770. The number of benzene rings is 1. The molecule has 1 N–H and O–H groups in total. The fourth-order valence-electron chi connectivity index (χ4n) is 3.48. The molecule has 0 spiro atoms. The first-order valence-electron chi connectivity index (χ1n) is 8.44. The largest absolute Gasteiger partial charge is 0.317 e. The van der Waals surface area contributed by atoms with Crippen molar-refractivity contribution in [2.45, 2.75) is 45.6 Å². The van der Waals surface area contributed by atoms with E-state index < -0.39 is 0 Å². The zero-order valence-electron chi connectivity index (χ0n) is 13.4. The molecule has 1 aliphatic rings. The molecular formula is C18H29BrN2. The molecule has 0 aliphatic carbocycles. The molecule has 118 valence electrons. The maximum absolute atomic E-state index is 3.62. The Morgan fingerprint density at radius 3 is 2.67 bits per heavy atom. The first-order chi connectivity index (χ1) is 10.2. The van der Waals surface area contributed by atoms with Gasteiger partial charge in [0.05, 0.1) is 0 Å². The van der Waals surface area contributed by atoms with E-state index in [-0.39, 0.29) is 0 Å². The third-order valence-electron chi connectivity index (χ3n) is 4.52. The Hall–Kier alpha value is -0.380. The van der Waals surface area contributed by atoms with Gasteiger partial charge in [-0.25, -0.2) is 0 Å². The summed E-state index contributed by atoms with van der Waals surface area (Å²) in [7, 11) is 0. The van der Waals surface area contributed by atoms with Crippen LogP contribution in [-0.4, -0.2) is 31.1 Å². The maximum Gasteiger partial charge on any atom is 0.0346 e. The average molecular weight is 353 g/mol. The van der Waals surface area contributed by atoms with Crippen LogP contribution in [0.25, 0.3) is 0 Å². The van der Waals surface area contributed by atoms with Crippen molar-refractivity contribution >= 4 is 15.9 Å². The van der Waals surface area contributed by atoms with Crippen LogP contribution in [0.5, 0.6) is 0 Å². The minimum Gasteiger partial charge on any atom is -0.317 e. The zero-order valence-corrected chi connectivity index (χ0v) is 15.0. The SMILES string of the molecule is CCCN(CC1CCNCC1)C(CC)c1cccc(Br)c1. The third kappa shape index (κ3) is 5.08. The van der Waals surface area contributed by atoms with Gasteiger partial charge in [0, 0.05) is 17.1 Å². The van der Waals surface area contributed by atoms with Crippen LogP contribution < -0.4 is 5.32 Å². The van der Waals surface area contributed by atoms with Crippen LogP contribution in [0.2, 0.25) is 0 Å². The Morgan fingerprint density at radius 1 is 1.29 bits per heavy atom. The van der Waals surface area contributed by atoms with Crippen molar-refractivity contribution in [3.63, 3.8) is 0 Å². The molecule has 21 heavy (non-hydrogen) atoms. The molecular weight excluding hydrogens is 324 g/mol. The van der Waals surface area contributed by atoms with Crippen LogP contribution in [-0.2, 0) is 0 Å². The molecule has 1 saturated heterocycles. The van der Waals surface area contributed by atoms with E-state index in [2.05, 4.69) is 64.3 Å². The van der Waals surface area contributed by atoms with Gasteiger partial charge in [-0.1, -0.05) is 41.9 Å². The van der Waals surface area contributed by atoms with Gasteiger partial charge in [0.2, 0.25) is 0 Å². The second-order valence-electron chi connectivity index (χ2n) is 6.17. The van der Waals surface area contributed by atoms with Gasteiger partial charge in [0.1, 0.15) is 0 Å². The molecule has 1 unspecified atom stereocenters. The van der Waals surface area contributed by atoms with Crippen molar-refractivity contribution in [1.29, 1.82) is 0 Å². The summed E-state index contributed by atoms with van der Waals surface area (Å²) in [6.45, 7) is 9.45. The first-order valence-corrected chi connectivity index (χ1v) is 9.24. The molecule has 3 heteroatoms. The lowest BCUT2D eigenvalue weighted by atomic mass is 9.95. The van der Waals surface area contributed by atoms with Crippen LogP contribution in [0.4, 0.5) is 0 Å². The smallest absolute Gasteiger partial charge is 0.0346 e. The van der Waals surface area contributed by atoms with E-state index in [1.54, 1.807) is 0 Å². The van der Waals surface area contributed by atoms with Gasteiger partial charge in [0.15, 0.2) is 0 Å². The second kappa shape index (κ2) is 8.92. The number of nitrogens with one attached hydrogen (secondary N) is 1. The van der Waals surface area contributed by atoms with Gasteiger partial charge < -0.3 is 5.32 Å². The minimum absolute atomic E-state index is 0.553. The standard InChI is InChI=1S/C18H29BrN2/c1-3-12-21(14-15-8-10-20-11-9-15)18(4-2)16-6-5-7-17(19)13-16/h5-7,13,15,18,20H,3-4,8-12,14H2,1-2H3. The molecule has 2 nitrogen and oxygen atoms in total. The van der Waals surface area contributed by atoms with Crippen molar-refractivity contribution in [3.05, 3.63) is 34.3 Å². The summed E-state index contributed by atoms with van der Waals surface area (Å²) < 4.78 is 1.19. The highest BCUT2D eigenvalue weighted by Gasteiger charge is 2.23. The summed E-state index contributed by atoms with van der Waals surface area (Å²) in [4.78, 5) is 2.72. The molecule has 2 rings (SSSR count). The number of nitrogens with zero attached hydrogens (tertiary/aromatic N) is 1. The van der Waals surface area contributed by atoms with Crippen LogP contribution in [0.3, 0.4) is 0 Å². The Morgan fingerprint density at radius 2 is 2.05 bits per heavy atom. The van der Waals surface area contributed by atoms with Crippen molar-refractivity contribution in [2.75, 3.05) is 26.2 Å². The molecule has 0 saturated carbocycles. The molecule has 0 bridgehead atoms. The molecule has 1 atom stereocenters. The molecule has 0 amide bonds. The lowest BCUT2D eigenvalue weighted by Crippen LogP contribution is -2.38. The van der Waals surface area contributed by atoms with Crippen LogP contribution in [0, 0.1) is 5.92 Å². The summed E-state index contributed by atoms with van der Waals surface area (Å²) in [6, 6.07) is 9.41. The summed E-state index contributed by atoms with van der Waals surface area (Å²) >= 11 is 3.62. The summed E-state index contributed by atoms with van der Waals surface area (Å²) in [5.41, 5.74) is 1.45. The Labute approximate surface area is 138 Å². The fourth-order valence-corrected chi connectivity index (χ4v) is 3.89. The lowest BCUT2D eigenvalue weighted by molar-refractivity contribution is 0.147. The van der Waals surface area contributed by atoms with E-state index in [1.807, 2.05) is 0 Å². The number of hydrogen-bond acceptors (Lipinski definition) is 2. The zero-order chi connectivity index (χ0) is 15.1. The number of halogens is 1. The summed E-state index contributed by atoms with van der Waals surface area (Å²) in [5, 5.41) is 3.48. The predicted molar refractivity (Wildman–Crippen MR) is 94.6 cm³/mol. The molecule has 0 aromatic heterocycles. The molecule has 1 aliphatic heterocycles. The topological polar surface area (TPSA) is 15.3 Å². The highest BCUT2D eigenvalue weighted by molar-refractivity contribution is 9.10. The third-order valence-corrected chi connectivity index (χ3v) is 5.02. The number of hydrogen-bond donors (Lipinski definition) is 1. The molecule has 1 aromatic rings. The highest BCUT2D eigenvalue weighted by Crippen LogP contribution is 2.28. The summed E-state index contributed by atoms with van der Waals surface area (Å²) in [6.07, 6.45) is 5.07. The number of piperidine rings is 1.